The van der Waals surface area contributed by atoms with Gasteiger partial charge < -0.3 is 14.5 Å². The minimum atomic E-state index is -5.27. The highest BCUT2D eigenvalue weighted by molar-refractivity contribution is 6.05. The summed E-state index contributed by atoms with van der Waals surface area (Å²) in [6.07, 6.45) is -10.0. The van der Waals surface area contributed by atoms with Gasteiger partial charge in [-0.15, -0.1) is 0 Å². The fraction of sp³-hybridized carbons (Fsp3) is 0.333. The van der Waals surface area contributed by atoms with Crippen LogP contribution in [0.3, 0.4) is 0 Å². The van der Waals surface area contributed by atoms with Crippen LogP contribution in [0.4, 0.5) is 26.3 Å². The van der Waals surface area contributed by atoms with Gasteiger partial charge in [-0.2, -0.15) is 26.3 Å². The molecule has 2 amide bonds. The Labute approximate surface area is 196 Å². The minimum absolute atomic E-state index is 0.0455. The number of hydrogen-bond donors (Lipinski definition) is 0. The highest BCUT2D eigenvalue weighted by atomic mass is 19.4. The molecule has 0 bridgehead atoms. The molecule has 0 atom stereocenters. The van der Waals surface area contributed by atoms with Gasteiger partial charge in [0, 0.05) is 18.2 Å². The van der Waals surface area contributed by atoms with Crippen molar-refractivity contribution in [3.63, 3.8) is 0 Å². The zero-order valence-electron chi connectivity index (χ0n) is 19.1. The Balaban J connectivity index is 2.07. The molecule has 0 unspecified atom stereocenters. The number of halogens is 6. The summed E-state index contributed by atoms with van der Waals surface area (Å²) in [4.78, 5) is 27.0. The van der Waals surface area contributed by atoms with Gasteiger partial charge in [-0.25, -0.2) is 0 Å². The first kappa shape index (κ1) is 24.6. The molecule has 2 aliphatic heterocycles. The number of alkyl halides is 6. The Kier molecular flexibility index (Phi) is 5.46. The summed E-state index contributed by atoms with van der Waals surface area (Å²) in [6, 6.07) is 8.32. The van der Waals surface area contributed by atoms with Crippen molar-refractivity contribution in [2.45, 2.75) is 45.3 Å². The molecule has 4 rings (SSSR count). The number of carbonyl (C=O) groups is 2. The van der Waals surface area contributed by atoms with Crippen LogP contribution in [0, 0.1) is 6.92 Å². The molecule has 0 aromatic heterocycles. The Hall–Kier alpha value is -3.50. The lowest BCUT2D eigenvalue weighted by molar-refractivity contribution is -0.183. The third-order valence-electron chi connectivity index (χ3n) is 6.10. The van der Waals surface area contributed by atoms with Gasteiger partial charge in [0.25, 0.3) is 5.91 Å². The fourth-order valence-electron chi connectivity index (χ4n) is 4.65. The van der Waals surface area contributed by atoms with E-state index in [-0.39, 0.29) is 40.4 Å². The maximum absolute atomic E-state index is 13.8. The third kappa shape index (κ3) is 3.92. The zero-order valence-corrected chi connectivity index (χ0v) is 19.1. The lowest BCUT2D eigenvalue weighted by Gasteiger charge is -2.43. The lowest BCUT2D eigenvalue weighted by Crippen LogP contribution is -2.49. The predicted molar refractivity (Wildman–Crippen MR) is 113 cm³/mol. The molecule has 0 spiro atoms. The van der Waals surface area contributed by atoms with Gasteiger partial charge in [-0.3, -0.25) is 9.59 Å². The van der Waals surface area contributed by atoms with Gasteiger partial charge in [-0.05, 0) is 50.1 Å². The summed E-state index contributed by atoms with van der Waals surface area (Å²) < 4.78 is 87.4. The van der Waals surface area contributed by atoms with E-state index in [9.17, 15) is 35.9 Å². The Morgan fingerprint density at radius 3 is 2.26 bits per heavy atom. The number of carbonyl (C=O) groups excluding carboxylic acids is 2. The van der Waals surface area contributed by atoms with Crippen LogP contribution in [0.2, 0.25) is 0 Å². The van der Waals surface area contributed by atoms with E-state index in [1.165, 1.54) is 19.9 Å². The molecule has 0 saturated heterocycles. The molecule has 2 heterocycles. The average molecular weight is 498 g/mol. The van der Waals surface area contributed by atoms with Crippen LogP contribution in [0.25, 0.3) is 5.70 Å². The smallest absolute Gasteiger partial charge is 0.471 e. The molecule has 35 heavy (non-hydrogen) atoms. The fourth-order valence-corrected chi connectivity index (χ4v) is 4.65. The van der Waals surface area contributed by atoms with Crippen LogP contribution < -0.4 is 4.74 Å². The number of benzene rings is 2. The van der Waals surface area contributed by atoms with Crippen molar-refractivity contribution < 1.29 is 40.7 Å². The molecule has 5 nitrogen and oxygen atoms in total. The normalized spacial score (nSPS) is 17.2. The predicted octanol–water partition coefficient (Wildman–Crippen LogP) is 5.53. The van der Waals surface area contributed by atoms with Crippen LogP contribution in [0.15, 0.2) is 42.1 Å². The third-order valence-corrected chi connectivity index (χ3v) is 6.10. The van der Waals surface area contributed by atoms with Gasteiger partial charge in [-0.1, -0.05) is 18.2 Å². The summed E-state index contributed by atoms with van der Waals surface area (Å²) in [5, 5.41) is 0. The SMILES string of the molecule is Cc1c(C(F)(F)F)ccc2c1C(N1Cc3ccccc3C1=O)=C(N(C)C(=O)C(F)(F)F)C(C)(C)O2. The van der Waals surface area contributed by atoms with Gasteiger partial charge in [0.2, 0.25) is 0 Å². The van der Waals surface area contributed by atoms with Crippen LogP contribution >= 0.6 is 0 Å². The molecule has 2 aliphatic rings. The summed E-state index contributed by atoms with van der Waals surface area (Å²) in [7, 11) is 0.859. The first-order chi connectivity index (χ1) is 16.1. The Morgan fingerprint density at radius 2 is 1.69 bits per heavy atom. The number of likely N-dealkylation sites (N-methyl/N-ethyl adjacent to an activating group) is 1. The topological polar surface area (TPSA) is 49.9 Å². The van der Waals surface area contributed by atoms with Gasteiger partial charge in [0.15, 0.2) is 0 Å². The molecule has 0 N–H and O–H groups in total. The molecule has 2 aromatic carbocycles. The second kappa shape index (κ2) is 7.76. The average Bonchev–Trinajstić information content (AvgIpc) is 3.06. The first-order valence-electron chi connectivity index (χ1n) is 10.4. The summed E-state index contributed by atoms with van der Waals surface area (Å²) in [5.74, 6) is -2.91. The number of fused-ring (bicyclic) bond motifs is 2. The van der Waals surface area contributed by atoms with Crippen molar-refractivity contribution in [2.75, 3.05) is 7.05 Å². The molecular weight excluding hydrogens is 478 g/mol. The summed E-state index contributed by atoms with van der Waals surface area (Å²) in [5.41, 5.74) is -2.99. The van der Waals surface area contributed by atoms with Crippen molar-refractivity contribution in [2.24, 2.45) is 0 Å². The van der Waals surface area contributed by atoms with E-state index in [1.54, 1.807) is 18.2 Å². The zero-order chi connectivity index (χ0) is 26.1. The van der Waals surface area contributed by atoms with Crippen LogP contribution in [-0.2, 0) is 17.5 Å². The standard InChI is InChI=1S/C24H20F6N2O3/c1-12-15(23(25,26)27)9-10-16-17(12)18(32-11-13-7-5-6-8-14(13)20(32)33)19(22(2,3)35-16)31(4)21(34)24(28,29)30/h5-10H,11H2,1-4H3. The van der Waals surface area contributed by atoms with E-state index in [0.29, 0.717) is 10.5 Å². The molecule has 2 aromatic rings. The Morgan fingerprint density at radius 1 is 1.06 bits per heavy atom. The second-order valence-electron chi connectivity index (χ2n) is 8.83. The summed E-state index contributed by atoms with van der Waals surface area (Å²) in [6.45, 7) is 3.81. The van der Waals surface area contributed by atoms with Gasteiger partial charge in [0.1, 0.15) is 11.4 Å². The molecule has 0 radical (unpaired) electrons. The van der Waals surface area contributed by atoms with Crippen molar-refractivity contribution in [3.8, 4) is 5.75 Å². The van der Waals surface area contributed by atoms with Crippen molar-refractivity contribution in [3.05, 3.63) is 69.9 Å². The van der Waals surface area contributed by atoms with E-state index < -0.39 is 35.3 Å². The highest BCUT2D eigenvalue weighted by Crippen LogP contribution is 2.49. The second-order valence-corrected chi connectivity index (χ2v) is 8.83. The minimum Gasteiger partial charge on any atom is -0.481 e. The largest absolute Gasteiger partial charge is 0.481 e. The number of ether oxygens (including phenoxy) is 1. The monoisotopic (exact) mass is 498 g/mol. The highest BCUT2D eigenvalue weighted by Gasteiger charge is 2.50. The van der Waals surface area contributed by atoms with E-state index in [1.807, 2.05) is 0 Å². The molecule has 0 aliphatic carbocycles. The van der Waals surface area contributed by atoms with E-state index in [0.717, 1.165) is 31.0 Å². The molecule has 0 saturated carbocycles. The summed E-state index contributed by atoms with van der Waals surface area (Å²) >= 11 is 0. The van der Waals surface area contributed by atoms with Gasteiger partial charge >= 0.3 is 18.3 Å². The number of nitrogens with zero attached hydrogens (tertiary/aromatic N) is 2. The molecular formula is C24H20F6N2O3. The number of hydrogen-bond acceptors (Lipinski definition) is 3. The number of amides is 2. The van der Waals surface area contributed by atoms with E-state index in [2.05, 4.69) is 0 Å². The number of rotatable bonds is 2. The maximum atomic E-state index is 13.8. The molecule has 186 valence electrons. The van der Waals surface area contributed by atoms with Crippen LogP contribution in [-0.4, -0.2) is 40.4 Å². The van der Waals surface area contributed by atoms with Crippen molar-refractivity contribution in [1.82, 2.24) is 9.80 Å². The quantitative estimate of drug-likeness (QED) is 0.512. The van der Waals surface area contributed by atoms with Crippen LogP contribution in [0.1, 0.15) is 46.5 Å². The lowest BCUT2D eigenvalue weighted by atomic mass is 9.88. The first-order valence-corrected chi connectivity index (χ1v) is 10.4. The molecule has 11 heteroatoms. The van der Waals surface area contributed by atoms with Crippen LogP contribution in [0.5, 0.6) is 5.75 Å². The maximum Gasteiger partial charge on any atom is 0.471 e. The van der Waals surface area contributed by atoms with Gasteiger partial charge in [0.05, 0.1) is 23.5 Å². The van der Waals surface area contributed by atoms with E-state index in [4.69, 9.17) is 4.74 Å². The van der Waals surface area contributed by atoms with E-state index >= 15 is 0 Å². The Bertz CT molecular complexity index is 1280. The van der Waals surface area contributed by atoms with Crippen molar-refractivity contribution in [1.29, 1.82) is 0 Å². The van der Waals surface area contributed by atoms with Crippen molar-refractivity contribution >= 4 is 17.5 Å². The molecule has 0 fully saturated rings.